The second-order valence-corrected chi connectivity index (χ2v) is 10.4. The molecule has 2 aromatic carbocycles. The van der Waals surface area contributed by atoms with Gasteiger partial charge < -0.3 is 0 Å². The van der Waals surface area contributed by atoms with Gasteiger partial charge in [-0.2, -0.15) is 43.9 Å². The van der Waals surface area contributed by atoms with Crippen LogP contribution in [-0.2, 0) is 37.3 Å². The van der Waals surface area contributed by atoms with Gasteiger partial charge in [-0.05, 0) is 37.1 Å². The van der Waals surface area contributed by atoms with E-state index in [1.54, 1.807) is 0 Å². The molecule has 0 atom stereocenters. The molecule has 0 aliphatic carbocycles. The number of aromatic nitrogens is 6. The molecule has 12 nitrogen and oxygen atoms in total. The van der Waals surface area contributed by atoms with E-state index in [4.69, 9.17) is 0 Å². The summed E-state index contributed by atoms with van der Waals surface area (Å²) in [6.45, 7) is 1.13. The van der Waals surface area contributed by atoms with Gasteiger partial charge in [-0.3, -0.25) is 20.2 Å². The van der Waals surface area contributed by atoms with E-state index in [2.05, 4.69) is 20.2 Å². The van der Waals surface area contributed by atoms with Gasteiger partial charge in [0.25, 0.3) is 17.2 Å². The number of aryl methyl sites for hydroxylation is 2. The van der Waals surface area contributed by atoms with Crippen LogP contribution in [0.2, 0.25) is 0 Å². The van der Waals surface area contributed by atoms with Crippen molar-refractivity contribution in [2.75, 3.05) is 0 Å². The summed E-state index contributed by atoms with van der Waals surface area (Å²) < 4.78 is 180. The monoisotopic (exact) mass is 772 g/mol. The van der Waals surface area contributed by atoms with Gasteiger partial charge in [-0.1, -0.05) is 12.1 Å². The molecule has 0 saturated carbocycles. The lowest BCUT2D eigenvalue weighted by Crippen LogP contribution is -2.28. The molecule has 2 aromatic heterocycles. The Hall–Kier alpha value is -5.46. The van der Waals surface area contributed by atoms with Crippen LogP contribution in [0.3, 0.4) is 0 Å². The van der Waals surface area contributed by atoms with Gasteiger partial charge >= 0.3 is 37.0 Å². The predicted molar refractivity (Wildman–Crippen MR) is 144 cm³/mol. The van der Waals surface area contributed by atoms with Crippen molar-refractivity contribution < 1.29 is 71.3 Å². The number of nitrogens with zero attached hydrogens (tertiary/aromatic N) is 8. The highest BCUT2D eigenvalue weighted by molar-refractivity contribution is 5.42. The Labute approximate surface area is 279 Å². The number of alkyl halides is 14. The van der Waals surface area contributed by atoms with Crippen molar-refractivity contribution >= 4 is 11.4 Å². The van der Waals surface area contributed by atoms with Crippen molar-refractivity contribution in [1.29, 1.82) is 0 Å². The molecule has 52 heavy (non-hydrogen) atoms. The highest BCUT2D eigenvalue weighted by Gasteiger charge is 2.51. The molecular weight excluding hydrogens is 754 g/mol. The number of rotatable bonds is 10. The van der Waals surface area contributed by atoms with E-state index < -0.39 is 83.3 Å². The third-order valence-electron chi connectivity index (χ3n) is 6.58. The number of hydrogen-bond donors (Lipinski definition) is 0. The van der Waals surface area contributed by atoms with E-state index in [1.165, 1.54) is 13.8 Å². The summed E-state index contributed by atoms with van der Waals surface area (Å²) in [4.78, 5) is 25.1. The fourth-order valence-electron chi connectivity index (χ4n) is 4.20. The Kier molecular flexibility index (Phi) is 11.5. The van der Waals surface area contributed by atoms with E-state index in [-0.39, 0.29) is 43.0 Å². The van der Waals surface area contributed by atoms with Crippen LogP contribution < -0.4 is 0 Å². The first kappa shape index (κ1) is 41.0. The van der Waals surface area contributed by atoms with Gasteiger partial charge in [-0.15, -0.1) is 10.2 Å². The van der Waals surface area contributed by atoms with Crippen molar-refractivity contribution in [2.45, 2.75) is 64.0 Å². The van der Waals surface area contributed by atoms with Crippen molar-refractivity contribution in [3.8, 4) is 0 Å². The smallest absolute Gasteiger partial charge is 0.258 e. The number of nitro groups is 2. The molecule has 0 unspecified atom stereocenters. The zero-order valence-corrected chi connectivity index (χ0v) is 25.5. The molecule has 0 N–H and O–H groups in total. The van der Waals surface area contributed by atoms with Gasteiger partial charge in [0.2, 0.25) is 17.5 Å². The third kappa shape index (κ3) is 9.06. The lowest BCUT2D eigenvalue weighted by atomic mass is 10.1. The van der Waals surface area contributed by atoms with Gasteiger partial charge in [0.15, 0.2) is 0 Å². The van der Waals surface area contributed by atoms with Crippen molar-refractivity contribution in [1.82, 2.24) is 29.5 Å². The molecule has 0 saturated heterocycles. The molecule has 0 bridgehead atoms. The quantitative estimate of drug-likeness (QED) is 0.0900. The summed E-state index contributed by atoms with van der Waals surface area (Å²) in [6, 6.07) is 6.52. The van der Waals surface area contributed by atoms with E-state index in [9.17, 15) is 81.7 Å². The second kappa shape index (κ2) is 14.6. The van der Waals surface area contributed by atoms with Gasteiger partial charge in [0, 0.05) is 23.3 Å². The van der Waals surface area contributed by atoms with Crippen LogP contribution in [-0.4, -0.2) is 52.2 Å². The standard InChI is InChI=1S/2C13H9F7N4O2/c1-6-4-7(2-3-8(6)24(25)26)5-23-11(12(16,17)9(14)15)21-10(22-23)13(18,19)20;1-6-4-7(2-3-8(6)24(25)26)5-23-11(13(18,19)20)21-10(22-23)12(16,17)9(14)15/h2*2-4,9H,5H2,1H3. The fraction of sp³-hybridized carbons (Fsp3) is 0.385. The normalized spacial score (nSPS) is 12.7. The largest absolute Gasteiger partial charge is 0.453 e. The average Bonchev–Trinajstić information content (AvgIpc) is 3.63. The number of nitro benzene ring substituents is 2. The average molecular weight is 772 g/mol. The SMILES string of the molecule is Cc1cc(Cn2nc(C(F)(F)C(F)F)nc2C(F)(F)F)ccc1[N+](=O)[O-].Cc1cc(Cn2nc(C(F)(F)F)nc2C(F)(F)C(F)F)ccc1[N+](=O)[O-]. The Bertz CT molecular complexity index is 1940. The van der Waals surface area contributed by atoms with Crippen LogP contribution in [0, 0.1) is 34.1 Å². The molecule has 4 aromatic rings. The maximum atomic E-state index is 13.6. The maximum Gasteiger partial charge on any atom is 0.453 e. The van der Waals surface area contributed by atoms with Crippen molar-refractivity contribution in [3.05, 3.63) is 102 Å². The summed E-state index contributed by atoms with van der Waals surface area (Å²) >= 11 is 0. The highest BCUT2D eigenvalue weighted by Crippen LogP contribution is 2.37. The molecule has 0 radical (unpaired) electrons. The first-order chi connectivity index (χ1) is 23.7. The first-order valence-corrected chi connectivity index (χ1v) is 13.5. The van der Waals surface area contributed by atoms with Crippen LogP contribution in [0.4, 0.5) is 72.8 Å². The molecule has 0 fully saturated rings. The summed E-state index contributed by atoms with van der Waals surface area (Å²) in [7, 11) is 0. The maximum absolute atomic E-state index is 13.6. The Morgan fingerprint density at radius 1 is 0.615 bits per heavy atom. The first-order valence-electron chi connectivity index (χ1n) is 13.5. The molecule has 0 aliphatic heterocycles. The topological polar surface area (TPSA) is 148 Å². The lowest BCUT2D eigenvalue weighted by molar-refractivity contribution is -0.385. The fourth-order valence-corrected chi connectivity index (χ4v) is 4.20. The third-order valence-corrected chi connectivity index (χ3v) is 6.58. The Morgan fingerprint density at radius 3 is 1.35 bits per heavy atom. The minimum atomic E-state index is -5.22. The van der Waals surface area contributed by atoms with Crippen molar-refractivity contribution in [3.63, 3.8) is 0 Å². The van der Waals surface area contributed by atoms with Gasteiger partial charge in [0.1, 0.15) is 0 Å². The molecule has 0 amide bonds. The van der Waals surface area contributed by atoms with Crippen LogP contribution in [0.5, 0.6) is 0 Å². The summed E-state index contributed by atoms with van der Waals surface area (Å²) in [5.74, 6) is -17.6. The van der Waals surface area contributed by atoms with E-state index >= 15 is 0 Å². The van der Waals surface area contributed by atoms with E-state index in [1.807, 2.05) is 0 Å². The summed E-state index contributed by atoms with van der Waals surface area (Å²) in [5.41, 5.74) is -0.298. The minimum Gasteiger partial charge on any atom is -0.258 e. The molecule has 0 spiro atoms. The van der Waals surface area contributed by atoms with Crippen molar-refractivity contribution in [2.24, 2.45) is 0 Å². The van der Waals surface area contributed by atoms with E-state index in [0.717, 1.165) is 36.4 Å². The Balaban J connectivity index is 0.000000280. The molecule has 284 valence electrons. The predicted octanol–water partition coefficient (Wildman–Crippen LogP) is 7.84. The number of benzene rings is 2. The van der Waals surface area contributed by atoms with Gasteiger partial charge in [-0.25, -0.2) is 36.9 Å². The van der Waals surface area contributed by atoms with Crippen LogP contribution in [0.1, 0.15) is 45.6 Å². The highest BCUT2D eigenvalue weighted by atomic mass is 19.4. The lowest BCUT2D eigenvalue weighted by Gasteiger charge is -2.15. The summed E-state index contributed by atoms with van der Waals surface area (Å²) in [5, 5.41) is 27.2. The molecular formula is C26H18F14N8O4. The zero-order valence-electron chi connectivity index (χ0n) is 25.5. The number of halogens is 14. The number of hydrogen-bond acceptors (Lipinski definition) is 8. The molecule has 2 heterocycles. The molecule has 26 heteroatoms. The zero-order chi connectivity index (χ0) is 39.7. The second-order valence-electron chi connectivity index (χ2n) is 10.4. The molecule has 4 rings (SSSR count). The minimum absolute atomic E-state index is 0.00618. The molecule has 0 aliphatic rings. The van der Waals surface area contributed by atoms with Crippen LogP contribution in [0.15, 0.2) is 36.4 Å². The van der Waals surface area contributed by atoms with Crippen LogP contribution >= 0.6 is 0 Å². The summed E-state index contributed by atoms with van der Waals surface area (Å²) in [6.07, 6.45) is -19.0. The van der Waals surface area contributed by atoms with Gasteiger partial charge in [0.05, 0.1) is 22.9 Å². The van der Waals surface area contributed by atoms with E-state index in [0.29, 0.717) is 0 Å². The Morgan fingerprint density at radius 2 is 1.00 bits per heavy atom. The van der Waals surface area contributed by atoms with Crippen LogP contribution in [0.25, 0.3) is 0 Å².